The summed E-state index contributed by atoms with van der Waals surface area (Å²) in [4.78, 5) is 0. The van der Waals surface area contributed by atoms with Crippen molar-refractivity contribution in [3.8, 4) is 0 Å². The normalized spacial score (nSPS) is 40.5. The second kappa shape index (κ2) is 3.55. The summed E-state index contributed by atoms with van der Waals surface area (Å²) in [5.74, 6) is 0.945. The quantitative estimate of drug-likeness (QED) is 0.587. The van der Waals surface area contributed by atoms with E-state index in [-0.39, 0.29) is 0 Å². The Kier molecular flexibility index (Phi) is 2.82. The van der Waals surface area contributed by atoms with Crippen LogP contribution in [0.15, 0.2) is 0 Å². The maximum atomic E-state index is 2.62. The van der Waals surface area contributed by atoms with Crippen LogP contribution >= 0.6 is 0 Å². The van der Waals surface area contributed by atoms with E-state index in [1.54, 1.807) is 0 Å². The molecule has 0 N–H and O–H groups in total. The highest BCUT2D eigenvalue weighted by molar-refractivity contribution is 6.40. The van der Waals surface area contributed by atoms with E-state index in [9.17, 15) is 0 Å². The zero-order chi connectivity index (χ0) is 13.1. The lowest BCUT2D eigenvalue weighted by atomic mass is 9.43. The average Bonchev–Trinajstić information content (AvgIpc) is 2.76. The molecule has 0 aliphatic heterocycles. The molecular weight excluding hydrogens is 203 g/mol. The van der Waals surface area contributed by atoms with Crippen LogP contribution in [0.5, 0.6) is 0 Å². The molecule has 3 unspecified atom stereocenters. The van der Waals surface area contributed by atoms with Crippen molar-refractivity contribution in [2.75, 3.05) is 0 Å². The smallest absolute Gasteiger partial charge is 0.0735 e. The van der Waals surface area contributed by atoms with Crippen LogP contribution in [0.1, 0.15) is 67.7 Å². The second-order valence-electron chi connectivity index (χ2n) is 8.53. The maximum Gasteiger partial charge on any atom is 0.117 e. The highest BCUT2D eigenvalue weighted by Crippen LogP contribution is 2.87. The van der Waals surface area contributed by atoms with E-state index in [1.165, 1.54) is 25.6 Å². The fourth-order valence-corrected chi connectivity index (χ4v) is 4.82. The fraction of sp³-hybridized carbons (Fsp3) is 1.00. The molecule has 2 fully saturated rings. The molecule has 0 aromatic heterocycles. The van der Waals surface area contributed by atoms with Crippen molar-refractivity contribution in [1.82, 2.24) is 0 Å². The minimum atomic E-state index is 0.430. The minimum absolute atomic E-state index is 0.430. The fourth-order valence-electron chi connectivity index (χ4n) is 4.82. The van der Waals surface area contributed by atoms with E-state index < -0.39 is 0 Å². The van der Waals surface area contributed by atoms with Crippen LogP contribution in [0.3, 0.4) is 0 Å². The number of rotatable bonds is 4. The van der Waals surface area contributed by atoms with Crippen molar-refractivity contribution < 1.29 is 0 Å². The summed E-state index contributed by atoms with van der Waals surface area (Å²) in [6.07, 6.45) is 5.58. The van der Waals surface area contributed by atoms with Gasteiger partial charge < -0.3 is 0 Å². The predicted molar refractivity (Wildman–Crippen MR) is 77.6 cm³/mol. The Balaban J connectivity index is 2.02. The molecule has 0 heterocycles. The van der Waals surface area contributed by atoms with Crippen molar-refractivity contribution >= 4 is 7.28 Å². The molecule has 2 aliphatic carbocycles. The van der Waals surface area contributed by atoms with E-state index in [0.29, 0.717) is 21.6 Å². The monoisotopic (exact) mass is 233 g/mol. The van der Waals surface area contributed by atoms with Gasteiger partial charge in [-0.25, -0.2) is 0 Å². The van der Waals surface area contributed by atoms with Gasteiger partial charge in [0.1, 0.15) is 7.28 Å². The van der Waals surface area contributed by atoms with Crippen LogP contribution in [-0.4, -0.2) is 7.28 Å². The van der Waals surface area contributed by atoms with Crippen LogP contribution < -0.4 is 0 Å². The van der Waals surface area contributed by atoms with Crippen molar-refractivity contribution in [2.24, 2.45) is 22.2 Å². The molecule has 2 aliphatic rings. The van der Waals surface area contributed by atoms with Gasteiger partial charge in [-0.05, 0) is 35.0 Å². The van der Waals surface area contributed by atoms with Gasteiger partial charge in [-0.2, -0.15) is 0 Å². The van der Waals surface area contributed by atoms with Gasteiger partial charge in [-0.3, -0.25) is 0 Å². The molecule has 1 heteroatoms. The Bertz CT molecular complexity index is 312. The summed E-state index contributed by atoms with van der Waals surface area (Å²) in [5.41, 5.74) is 1.85. The van der Waals surface area contributed by atoms with Crippen molar-refractivity contribution in [3.05, 3.63) is 0 Å². The lowest BCUT2D eigenvalue weighted by Crippen LogP contribution is -2.44. The lowest BCUT2D eigenvalue weighted by molar-refractivity contribution is -0.00310. The third-order valence-electron chi connectivity index (χ3n) is 6.27. The number of hydrogen-bond acceptors (Lipinski definition) is 0. The van der Waals surface area contributed by atoms with E-state index in [2.05, 4.69) is 55.7 Å². The van der Waals surface area contributed by atoms with Crippen LogP contribution in [0.2, 0.25) is 11.6 Å². The first-order valence-electron chi connectivity index (χ1n) is 7.45. The summed E-state index contributed by atoms with van der Waals surface area (Å²) in [7, 11) is 2.62. The highest BCUT2D eigenvalue weighted by Gasteiger charge is 2.79. The van der Waals surface area contributed by atoms with Gasteiger partial charge in [-0.15, -0.1) is 0 Å². The highest BCUT2D eigenvalue weighted by atomic mass is 14.8. The molecule has 97 valence electrons. The Morgan fingerprint density at radius 2 is 1.76 bits per heavy atom. The zero-order valence-electron chi connectivity index (χ0n) is 13.0. The molecule has 0 saturated heterocycles. The van der Waals surface area contributed by atoms with Gasteiger partial charge >= 0.3 is 0 Å². The molecular formula is C16H30B. The van der Waals surface area contributed by atoms with Crippen molar-refractivity contribution in [2.45, 2.75) is 79.4 Å². The van der Waals surface area contributed by atoms with Gasteiger partial charge in [0.05, 0.1) is 0 Å². The Morgan fingerprint density at radius 3 is 2.12 bits per heavy atom. The second-order valence-corrected chi connectivity index (χ2v) is 8.53. The number of fused-ring (bicyclic) bond motifs is 1. The Morgan fingerprint density at radius 1 is 1.18 bits per heavy atom. The van der Waals surface area contributed by atoms with Gasteiger partial charge in [0.2, 0.25) is 0 Å². The zero-order valence-corrected chi connectivity index (χ0v) is 13.0. The molecule has 17 heavy (non-hydrogen) atoms. The summed E-state index contributed by atoms with van der Waals surface area (Å²) < 4.78 is 0. The Hall–Kier alpha value is 0.0649. The van der Waals surface area contributed by atoms with Crippen LogP contribution in [-0.2, 0) is 0 Å². The topological polar surface area (TPSA) is 0 Å². The number of hydrogen-bond donors (Lipinski definition) is 0. The van der Waals surface area contributed by atoms with Crippen LogP contribution in [0.25, 0.3) is 0 Å². The molecule has 0 amide bonds. The molecule has 0 bridgehead atoms. The van der Waals surface area contributed by atoms with E-state index >= 15 is 0 Å². The van der Waals surface area contributed by atoms with Crippen LogP contribution in [0.4, 0.5) is 0 Å². The molecule has 0 spiro atoms. The first-order chi connectivity index (χ1) is 7.60. The van der Waals surface area contributed by atoms with Crippen molar-refractivity contribution in [3.63, 3.8) is 0 Å². The molecule has 0 aromatic carbocycles. The van der Waals surface area contributed by atoms with E-state index in [0.717, 1.165) is 5.92 Å². The van der Waals surface area contributed by atoms with Gasteiger partial charge in [-0.1, -0.05) is 66.5 Å². The lowest BCUT2D eigenvalue weighted by Gasteiger charge is -2.51. The minimum Gasteiger partial charge on any atom is -0.0735 e. The first-order valence-corrected chi connectivity index (χ1v) is 7.45. The SMILES string of the molecule is CCC(C)(C)[B]CC12CC(C)C1(C(C)(C)C)C2. The standard InChI is InChI=1S/C16H30B/c1-8-14(6,7)17-11-15-9-12(2)16(15,10-15)13(3,4)5/h12H,8-11H2,1-7H3. The van der Waals surface area contributed by atoms with Gasteiger partial charge in [0, 0.05) is 0 Å². The third-order valence-corrected chi connectivity index (χ3v) is 6.27. The third kappa shape index (κ3) is 1.71. The van der Waals surface area contributed by atoms with Gasteiger partial charge in [0.15, 0.2) is 0 Å². The van der Waals surface area contributed by atoms with Gasteiger partial charge in [0.25, 0.3) is 0 Å². The molecule has 3 atom stereocenters. The van der Waals surface area contributed by atoms with E-state index in [4.69, 9.17) is 0 Å². The molecule has 2 rings (SSSR count). The van der Waals surface area contributed by atoms with Crippen LogP contribution in [0, 0.1) is 22.2 Å². The first kappa shape index (κ1) is 13.5. The Labute approximate surface area is 109 Å². The van der Waals surface area contributed by atoms with Crippen molar-refractivity contribution in [1.29, 1.82) is 0 Å². The average molecular weight is 233 g/mol. The predicted octanol–water partition coefficient (Wildman–Crippen LogP) is 5.18. The molecule has 0 aromatic rings. The molecule has 1 radical (unpaired) electrons. The summed E-state index contributed by atoms with van der Waals surface area (Å²) in [6.45, 7) is 16.9. The maximum absolute atomic E-state index is 2.62. The van der Waals surface area contributed by atoms with E-state index in [1.807, 2.05) is 0 Å². The largest absolute Gasteiger partial charge is 0.117 e. The summed E-state index contributed by atoms with van der Waals surface area (Å²) >= 11 is 0. The molecule has 0 nitrogen and oxygen atoms in total. The summed E-state index contributed by atoms with van der Waals surface area (Å²) in [6, 6.07) is 0. The molecule has 2 saturated carbocycles. The summed E-state index contributed by atoms with van der Waals surface area (Å²) in [5, 5.41) is 0.430.